The first-order valence-corrected chi connectivity index (χ1v) is 10.2. The zero-order valence-electron chi connectivity index (χ0n) is 18.0. The summed E-state index contributed by atoms with van der Waals surface area (Å²) >= 11 is 0. The van der Waals surface area contributed by atoms with Gasteiger partial charge in [-0.3, -0.25) is 14.9 Å². The monoisotopic (exact) mass is 444 g/mol. The second-order valence-corrected chi connectivity index (χ2v) is 7.25. The standard InChI is InChI=1S/C25H20N2O6/c1-3-15-4-10-18(11-5-15)27-23(29)20(22(28)26-25(27)31)14-19-12-13-21(33-19)16-6-8-17(9-7-16)24(30)32-2/h4-14H,3H2,1-2H3,(H,26,28,31)/b20-14+. The van der Waals surface area contributed by atoms with Crippen molar-refractivity contribution in [3.8, 4) is 11.3 Å². The Morgan fingerprint density at radius 2 is 1.70 bits per heavy atom. The van der Waals surface area contributed by atoms with Crippen molar-refractivity contribution in [2.24, 2.45) is 0 Å². The number of carbonyl (C=O) groups is 4. The van der Waals surface area contributed by atoms with Gasteiger partial charge in [-0.05, 0) is 54.5 Å². The number of urea groups is 1. The van der Waals surface area contributed by atoms with E-state index in [0.717, 1.165) is 16.9 Å². The summed E-state index contributed by atoms with van der Waals surface area (Å²) in [4.78, 5) is 50.2. The van der Waals surface area contributed by atoms with E-state index < -0.39 is 23.8 Å². The third-order valence-electron chi connectivity index (χ3n) is 5.21. The maximum atomic E-state index is 13.0. The molecule has 0 spiro atoms. The predicted octanol–water partition coefficient (Wildman–Crippen LogP) is 3.96. The number of nitrogens with one attached hydrogen (secondary N) is 1. The molecule has 0 unspecified atom stereocenters. The Bertz CT molecular complexity index is 1270. The molecule has 1 fully saturated rings. The van der Waals surface area contributed by atoms with Crippen LogP contribution in [0.25, 0.3) is 17.4 Å². The second kappa shape index (κ2) is 8.96. The number of methoxy groups -OCH3 is 1. The van der Waals surface area contributed by atoms with Crippen LogP contribution < -0.4 is 10.2 Å². The number of aryl methyl sites for hydroxylation is 1. The number of barbiturate groups is 1. The van der Waals surface area contributed by atoms with E-state index in [0.29, 0.717) is 22.6 Å². The fourth-order valence-corrected chi connectivity index (χ4v) is 3.39. The quantitative estimate of drug-likeness (QED) is 0.363. The van der Waals surface area contributed by atoms with E-state index in [2.05, 4.69) is 10.1 Å². The molecule has 0 saturated carbocycles. The van der Waals surface area contributed by atoms with Gasteiger partial charge in [0.1, 0.15) is 17.1 Å². The molecule has 8 nitrogen and oxygen atoms in total. The molecule has 4 rings (SSSR count). The lowest BCUT2D eigenvalue weighted by Gasteiger charge is -2.26. The van der Waals surface area contributed by atoms with E-state index in [4.69, 9.17) is 4.42 Å². The molecule has 33 heavy (non-hydrogen) atoms. The average Bonchev–Trinajstić information content (AvgIpc) is 3.30. The molecule has 0 radical (unpaired) electrons. The van der Waals surface area contributed by atoms with Gasteiger partial charge in [-0.1, -0.05) is 31.2 Å². The molecule has 1 aromatic heterocycles. The number of anilines is 1. The number of furan rings is 1. The van der Waals surface area contributed by atoms with Crippen LogP contribution in [0.1, 0.15) is 28.6 Å². The molecule has 4 amide bonds. The molecule has 1 aliphatic heterocycles. The first kappa shape index (κ1) is 21.8. The van der Waals surface area contributed by atoms with Crippen LogP contribution in [-0.2, 0) is 20.7 Å². The number of esters is 1. The smallest absolute Gasteiger partial charge is 0.337 e. The molecule has 2 aromatic carbocycles. The minimum Gasteiger partial charge on any atom is -0.465 e. The predicted molar refractivity (Wildman–Crippen MR) is 120 cm³/mol. The molecule has 1 aliphatic rings. The van der Waals surface area contributed by atoms with Gasteiger partial charge in [-0.15, -0.1) is 0 Å². The number of rotatable bonds is 5. The topological polar surface area (TPSA) is 106 Å². The van der Waals surface area contributed by atoms with Crippen LogP contribution in [0.4, 0.5) is 10.5 Å². The van der Waals surface area contributed by atoms with Crippen molar-refractivity contribution in [1.82, 2.24) is 5.32 Å². The first-order valence-electron chi connectivity index (χ1n) is 10.2. The van der Waals surface area contributed by atoms with Crippen molar-refractivity contribution >= 4 is 35.6 Å². The Morgan fingerprint density at radius 3 is 2.33 bits per heavy atom. The number of carbonyl (C=O) groups excluding carboxylic acids is 4. The normalized spacial score (nSPS) is 15.0. The lowest BCUT2D eigenvalue weighted by atomic mass is 10.1. The highest BCUT2D eigenvalue weighted by Crippen LogP contribution is 2.26. The van der Waals surface area contributed by atoms with E-state index in [1.807, 2.05) is 19.1 Å². The van der Waals surface area contributed by atoms with E-state index in [9.17, 15) is 19.2 Å². The van der Waals surface area contributed by atoms with Gasteiger partial charge in [-0.25, -0.2) is 14.5 Å². The number of ether oxygens (including phenoxy) is 1. The fraction of sp³-hybridized carbons (Fsp3) is 0.120. The molecule has 8 heteroatoms. The number of amides is 4. The number of benzene rings is 2. The molecular weight excluding hydrogens is 424 g/mol. The summed E-state index contributed by atoms with van der Waals surface area (Å²) in [6.45, 7) is 2.00. The highest BCUT2D eigenvalue weighted by Gasteiger charge is 2.37. The fourth-order valence-electron chi connectivity index (χ4n) is 3.39. The minimum absolute atomic E-state index is 0.226. The van der Waals surface area contributed by atoms with Crippen LogP contribution in [0, 0.1) is 0 Å². The van der Waals surface area contributed by atoms with Gasteiger partial charge in [-0.2, -0.15) is 0 Å². The van der Waals surface area contributed by atoms with Gasteiger partial charge in [0.2, 0.25) is 0 Å². The highest BCUT2D eigenvalue weighted by molar-refractivity contribution is 6.39. The average molecular weight is 444 g/mol. The molecule has 166 valence electrons. The van der Waals surface area contributed by atoms with Gasteiger partial charge in [0.05, 0.1) is 18.4 Å². The number of imide groups is 2. The summed E-state index contributed by atoms with van der Waals surface area (Å²) in [6.07, 6.45) is 2.11. The van der Waals surface area contributed by atoms with Crippen molar-refractivity contribution in [1.29, 1.82) is 0 Å². The van der Waals surface area contributed by atoms with Gasteiger partial charge >= 0.3 is 12.0 Å². The van der Waals surface area contributed by atoms with Crippen LogP contribution >= 0.6 is 0 Å². The van der Waals surface area contributed by atoms with Crippen molar-refractivity contribution in [2.45, 2.75) is 13.3 Å². The summed E-state index contributed by atoms with van der Waals surface area (Å²) < 4.78 is 10.4. The van der Waals surface area contributed by atoms with Crippen LogP contribution in [0.5, 0.6) is 0 Å². The zero-order chi connectivity index (χ0) is 23.5. The number of hydrogen-bond acceptors (Lipinski definition) is 6. The maximum Gasteiger partial charge on any atom is 0.337 e. The molecule has 3 aromatic rings. The second-order valence-electron chi connectivity index (χ2n) is 7.25. The maximum absolute atomic E-state index is 13.0. The van der Waals surface area contributed by atoms with Gasteiger partial charge < -0.3 is 9.15 Å². The third-order valence-corrected chi connectivity index (χ3v) is 5.21. The molecular formula is C25H20N2O6. The Hall–Kier alpha value is -4.46. The van der Waals surface area contributed by atoms with E-state index in [-0.39, 0.29) is 11.3 Å². The van der Waals surface area contributed by atoms with E-state index >= 15 is 0 Å². The molecule has 1 saturated heterocycles. The molecule has 0 aliphatic carbocycles. The van der Waals surface area contributed by atoms with Gasteiger partial charge in [0.25, 0.3) is 11.8 Å². The SMILES string of the molecule is CCc1ccc(N2C(=O)NC(=O)/C(=C\c3ccc(-c4ccc(C(=O)OC)cc4)o3)C2=O)cc1. The zero-order valence-corrected chi connectivity index (χ0v) is 18.0. The Balaban J connectivity index is 1.60. The van der Waals surface area contributed by atoms with Crippen LogP contribution in [0.2, 0.25) is 0 Å². The molecule has 0 bridgehead atoms. The third kappa shape index (κ3) is 4.31. The summed E-state index contributed by atoms with van der Waals surface area (Å²) in [7, 11) is 1.31. The van der Waals surface area contributed by atoms with E-state index in [1.54, 1.807) is 48.5 Å². The Labute approximate surface area is 189 Å². The van der Waals surface area contributed by atoms with Crippen LogP contribution in [0.15, 0.2) is 70.7 Å². The Kier molecular flexibility index (Phi) is 5.91. The van der Waals surface area contributed by atoms with E-state index in [1.165, 1.54) is 13.2 Å². The lowest BCUT2D eigenvalue weighted by Crippen LogP contribution is -2.54. The van der Waals surface area contributed by atoms with Gasteiger partial charge in [0, 0.05) is 5.56 Å². The van der Waals surface area contributed by atoms with Gasteiger partial charge in [0.15, 0.2) is 0 Å². The van der Waals surface area contributed by atoms with Crippen molar-refractivity contribution in [2.75, 3.05) is 12.0 Å². The summed E-state index contributed by atoms with van der Waals surface area (Å²) in [5.41, 5.74) is 2.28. The summed E-state index contributed by atoms with van der Waals surface area (Å²) in [5.74, 6) is -1.25. The van der Waals surface area contributed by atoms with Crippen molar-refractivity contribution in [3.63, 3.8) is 0 Å². The summed E-state index contributed by atoms with van der Waals surface area (Å²) in [5, 5.41) is 2.19. The van der Waals surface area contributed by atoms with Crippen molar-refractivity contribution < 1.29 is 28.3 Å². The molecule has 1 N–H and O–H groups in total. The molecule has 0 atom stereocenters. The largest absolute Gasteiger partial charge is 0.465 e. The lowest BCUT2D eigenvalue weighted by molar-refractivity contribution is -0.122. The Morgan fingerprint density at radius 1 is 1.00 bits per heavy atom. The highest BCUT2D eigenvalue weighted by atomic mass is 16.5. The molecule has 2 heterocycles. The summed E-state index contributed by atoms with van der Waals surface area (Å²) in [6, 6.07) is 16.0. The van der Waals surface area contributed by atoms with Crippen LogP contribution in [-0.4, -0.2) is 30.9 Å². The number of nitrogens with zero attached hydrogens (tertiary/aromatic N) is 1. The van der Waals surface area contributed by atoms with Crippen molar-refractivity contribution in [3.05, 3.63) is 83.1 Å². The number of hydrogen-bond donors (Lipinski definition) is 1. The van der Waals surface area contributed by atoms with Crippen LogP contribution in [0.3, 0.4) is 0 Å². The first-order chi connectivity index (χ1) is 15.9. The minimum atomic E-state index is -0.808.